The van der Waals surface area contributed by atoms with E-state index in [4.69, 9.17) is 4.74 Å². The summed E-state index contributed by atoms with van der Waals surface area (Å²) in [5.41, 5.74) is 1.26. The van der Waals surface area contributed by atoms with Gasteiger partial charge in [0.15, 0.2) is 0 Å². The number of ether oxygens (including phenoxy) is 1. The van der Waals surface area contributed by atoms with Gasteiger partial charge in [0, 0.05) is 17.6 Å². The highest BCUT2D eigenvalue weighted by Gasteiger charge is 2.50. The molecule has 4 fully saturated rings. The van der Waals surface area contributed by atoms with Gasteiger partial charge in [-0.15, -0.1) is 0 Å². The van der Waals surface area contributed by atoms with E-state index in [2.05, 4.69) is 10.6 Å². The smallest absolute Gasteiger partial charge is 0.234 e. The molecule has 24 heavy (non-hydrogen) atoms. The Labute approximate surface area is 144 Å². The topological polar surface area (TPSA) is 50.4 Å². The molecular weight excluding hydrogens is 300 g/mol. The molecule has 0 aromatic heterocycles. The molecule has 4 aliphatic rings. The minimum Gasteiger partial charge on any atom is -0.496 e. The van der Waals surface area contributed by atoms with Crippen LogP contribution in [0.3, 0.4) is 0 Å². The summed E-state index contributed by atoms with van der Waals surface area (Å²) in [6.45, 7) is 0.951. The lowest BCUT2D eigenvalue weighted by molar-refractivity contribution is -0.121. The minimum absolute atomic E-state index is 0.0802. The summed E-state index contributed by atoms with van der Waals surface area (Å²) in [4.78, 5) is 12.3. The number of methoxy groups -OCH3 is 1. The second-order valence-electron chi connectivity index (χ2n) is 8.14. The van der Waals surface area contributed by atoms with Gasteiger partial charge in [0.25, 0.3) is 0 Å². The second-order valence-corrected chi connectivity index (χ2v) is 8.14. The molecule has 4 heteroatoms. The molecule has 1 aromatic carbocycles. The lowest BCUT2D eigenvalue weighted by atomic mass is 9.53. The molecule has 1 amide bonds. The fourth-order valence-electron chi connectivity index (χ4n) is 5.70. The SMILES string of the molecule is COc1ccccc1CNC(=O)CNC12CC3CC(CC(C3)C1)C2. The first kappa shape index (κ1) is 15.9. The summed E-state index contributed by atoms with van der Waals surface area (Å²) >= 11 is 0. The van der Waals surface area contributed by atoms with E-state index in [0.29, 0.717) is 13.1 Å². The van der Waals surface area contributed by atoms with Crippen molar-refractivity contribution < 1.29 is 9.53 Å². The van der Waals surface area contributed by atoms with E-state index >= 15 is 0 Å². The van der Waals surface area contributed by atoms with Gasteiger partial charge < -0.3 is 15.4 Å². The first-order chi connectivity index (χ1) is 11.7. The predicted octanol–water partition coefficient (Wildman–Crippen LogP) is 2.87. The first-order valence-electron chi connectivity index (χ1n) is 9.29. The zero-order chi connectivity index (χ0) is 16.6. The van der Waals surface area contributed by atoms with Gasteiger partial charge in [-0.2, -0.15) is 0 Å². The Hall–Kier alpha value is -1.55. The molecule has 1 aromatic rings. The Morgan fingerprint density at radius 1 is 1.12 bits per heavy atom. The number of carbonyl (C=O) groups excluding carboxylic acids is 1. The first-order valence-corrected chi connectivity index (χ1v) is 9.29. The quantitative estimate of drug-likeness (QED) is 0.844. The molecule has 130 valence electrons. The third-order valence-corrected chi connectivity index (χ3v) is 6.33. The summed E-state index contributed by atoms with van der Waals surface area (Å²) in [5, 5.41) is 6.67. The van der Waals surface area contributed by atoms with Gasteiger partial charge in [-0.05, 0) is 62.3 Å². The summed E-state index contributed by atoms with van der Waals surface area (Å²) in [5.74, 6) is 3.62. The van der Waals surface area contributed by atoms with Gasteiger partial charge in [0.05, 0.1) is 13.7 Å². The third kappa shape index (κ3) is 3.16. The number of para-hydroxylation sites is 1. The maximum atomic E-state index is 12.3. The maximum Gasteiger partial charge on any atom is 0.234 e. The largest absolute Gasteiger partial charge is 0.496 e. The molecule has 0 atom stereocenters. The minimum atomic E-state index is 0.0802. The van der Waals surface area contributed by atoms with Gasteiger partial charge in [0.2, 0.25) is 5.91 Å². The molecule has 0 aliphatic heterocycles. The summed E-state index contributed by atoms with van der Waals surface area (Å²) in [6.07, 6.45) is 8.12. The average molecular weight is 328 g/mol. The van der Waals surface area contributed by atoms with Crippen LogP contribution in [0.2, 0.25) is 0 Å². The van der Waals surface area contributed by atoms with E-state index in [1.807, 2.05) is 24.3 Å². The Morgan fingerprint density at radius 2 is 1.75 bits per heavy atom. The van der Waals surface area contributed by atoms with Crippen molar-refractivity contribution in [2.75, 3.05) is 13.7 Å². The average Bonchev–Trinajstić information content (AvgIpc) is 2.57. The number of nitrogens with one attached hydrogen (secondary N) is 2. The molecule has 0 unspecified atom stereocenters. The summed E-state index contributed by atoms with van der Waals surface area (Å²) in [7, 11) is 1.66. The van der Waals surface area contributed by atoms with Crippen LogP contribution in [-0.2, 0) is 11.3 Å². The molecule has 4 nitrogen and oxygen atoms in total. The van der Waals surface area contributed by atoms with Crippen molar-refractivity contribution in [3.8, 4) is 5.75 Å². The maximum absolute atomic E-state index is 12.3. The van der Waals surface area contributed by atoms with E-state index in [-0.39, 0.29) is 11.4 Å². The van der Waals surface area contributed by atoms with Crippen LogP contribution in [0, 0.1) is 17.8 Å². The lowest BCUT2D eigenvalue weighted by Crippen LogP contribution is -2.59. The lowest BCUT2D eigenvalue weighted by Gasteiger charge is -2.57. The molecular formula is C20H28N2O2. The molecule has 4 aliphatic carbocycles. The molecule has 0 radical (unpaired) electrons. The molecule has 0 saturated heterocycles. The molecule has 2 N–H and O–H groups in total. The summed E-state index contributed by atoms with van der Waals surface area (Å²) in [6, 6.07) is 7.83. The van der Waals surface area contributed by atoms with Crippen LogP contribution in [-0.4, -0.2) is 25.1 Å². The van der Waals surface area contributed by atoms with Crippen molar-refractivity contribution >= 4 is 5.91 Å². The van der Waals surface area contributed by atoms with Gasteiger partial charge in [-0.25, -0.2) is 0 Å². The summed E-state index contributed by atoms with van der Waals surface area (Å²) < 4.78 is 5.34. The van der Waals surface area contributed by atoms with Gasteiger partial charge in [-0.3, -0.25) is 4.79 Å². The van der Waals surface area contributed by atoms with Crippen molar-refractivity contribution in [3.63, 3.8) is 0 Å². The van der Waals surface area contributed by atoms with Crippen LogP contribution in [0.25, 0.3) is 0 Å². The highest BCUT2D eigenvalue weighted by atomic mass is 16.5. The van der Waals surface area contributed by atoms with Crippen LogP contribution >= 0.6 is 0 Å². The van der Waals surface area contributed by atoms with Crippen LogP contribution in [0.5, 0.6) is 5.75 Å². The standard InChI is InChI=1S/C20H28N2O2/c1-24-18-5-3-2-4-17(18)12-21-19(23)13-22-20-9-14-6-15(10-20)8-16(7-14)11-20/h2-5,14-16,22H,6-13H2,1H3,(H,21,23). The zero-order valence-corrected chi connectivity index (χ0v) is 14.5. The van der Waals surface area contributed by atoms with E-state index in [9.17, 15) is 4.79 Å². The zero-order valence-electron chi connectivity index (χ0n) is 14.5. The number of carbonyl (C=O) groups is 1. The predicted molar refractivity (Wildman–Crippen MR) is 93.7 cm³/mol. The molecule has 0 heterocycles. The fraction of sp³-hybridized carbons (Fsp3) is 0.650. The normalized spacial score (nSPS) is 33.5. The van der Waals surface area contributed by atoms with Crippen LogP contribution in [0.1, 0.15) is 44.1 Å². The monoisotopic (exact) mass is 328 g/mol. The van der Waals surface area contributed by atoms with Crippen molar-refractivity contribution in [2.24, 2.45) is 17.8 Å². The highest BCUT2D eigenvalue weighted by molar-refractivity contribution is 5.78. The molecule has 4 saturated carbocycles. The van der Waals surface area contributed by atoms with Gasteiger partial charge >= 0.3 is 0 Å². The van der Waals surface area contributed by atoms with Crippen LogP contribution < -0.4 is 15.4 Å². The second kappa shape index (κ2) is 6.40. The van der Waals surface area contributed by atoms with E-state index in [1.54, 1.807) is 7.11 Å². The fourth-order valence-corrected chi connectivity index (χ4v) is 5.70. The number of rotatable bonds is 6. The van der Waals surface area contributed by atoms with Gasteiger partial charge in [0.1, 0.15) is 5.75 Å². The van der Waals surface area contributed by atoms with E-state index in [1.165, 1.54) is 38.5 Å². The Kier molecular flexibility index (Phi) is 4.25. The number of amides is 1. The van der Waals surface area contributed by atoms with Crippen molar-refractivity contribution in [1.29, 1.82) is 0 Å². The highest BCUT2D eigenvalue weighted by Crippen LogP contribution is 2.55. The Morgan fingerprint density at radius 3 is 2.38 bits per heavy atom. The van der Waals surface area contributed by atoms with Crippen LogP contribution in [0.15, 0.2) is 24.3 Å². The third-order valence-electron chi connectivity index (χ3n) is 6.33. The van der Waals surface area contributed by atoms with Crippen molar-refractivity contribution in [1.82, 2.24) is 10.6 Å². The van der Waals surface area contributed by atoms with E-state index < -0.39 is 0 Å². The number of hydrogen-bond donors (Lipinski definition) is 2. The molecule has 5 rings (SSSR count). The molecule has 0 spiro atoms. The van der Waals surface area contributed by atoms with Crippen molar-refractivity contribution in [3.05, 3.63) is 29.8 Å². The van der Waals surface area contributed by atoms with E-state index in [0.717, 1.165) is 29.1 Å². The van der Waals surface area contributed by atoms with Crippen molar-refractivity contribution in [2.45, 2.75) is 50.6 Å². The Balaban J connectivity index is 1.29. The number of benzene rings is 1. The Bertz CT molecular complexity index is 578. The number of hydrogen-bond acceptors (Lipinski definition) is 3. The molecule has 4 bridgehead atoms. The van der Waals surface area contributed by atoms with Crippen LogP contribution in [0.4, 0.5) is 0 Å². The van der Waals surface area contributed by atoms with Gasteiger partial charge in [-0.1, -0.05) is 18.2 Å².